The lowest BCUT2D eigenvalue weighted by molar-refractivity contribution is -0.133. The molecule has 0 spiro atoms. The molecule has 1 atom stereocenters. The van der Waals surface area contributed by atoms with Gasteiger partial charge >= 0.3 is 5.69 Å². The second-order valence-corrected chi connectivity index (χ2v) is 7.00. The number of hydrogen-bond donors (Lipinski definition) is 2. The van der Waals surface area contributed by atoms with E-state index in [1.165, 1.54) is 17.0 Å². The third-order valence-electron chi connectivity index (χ3n) is 4.84. The van der Waals surface area contributed by atoms with Crippen LogP contribution in [0.25, 0.3) is 0 Å². The van der Waals surface area contributed by atoms with Gasteiger partial charge in [-0.15, -0.1) is 0 Å². The third kappa shape index (κ3) is 4.73. The molecule has 2 aromatic heterocycles. The number of nitrogens with zero attached hydrogens (tertiary/aromatic N) is 3. The molecule has 0 unspecified atom stereocenters. The quantitative estimate of drug-likeness (QED) is 0.746. The molecule has 0 bridgehead atoms. The normalized spacial score (nSPS) is 16.6. The molecule has 2 N–H and O–H groups in total. The molecule has 3 rings (SSSR count). The van der Waals surface area contributed by atoms with Gasteiger partial charge in [0, 0.05) is 43.8 Å². The first-order chi connectivity index (χ1) is 13.4. The highest BCUT2D eigenvalue weighted by Gasteiger charge is 2.24. The Morgan fingerprint density at radius 2 is 2.18 bits per heavy atom. The Kier molecular flexibility index (Phi) is 6.03. The van der Waals surface area contributed by atoms with E-state index in [4.69, 9.17) is 0 Å². The van der Waals surface area contributed by atoms with Gasteiger partial charge in [-0.3, -0.25) is 28.9 Å². The molecule has 28 heavy (non-hydrogen) atoms. The zero-order valence-electron chi connectivity index (χ0n) is 15.7. The van der Waals surface area contributed by atoms with Gasteiger partial charge in [0.15, 0.2) is 0 Å². The van der Waals surface area contributed by atoms with Crippen LogP contribution in [0.15, 0.2) is 40.3 Å². The van der Waals surface area contributed by atoms with E-state index in [1.807, 2.05) is 0 Å². The van der Waals surface area contributed by atoms with Crippen molar-refractivity contribution in [2.24, 2.45) is 5.92 Å². The second-order valence-electron chi connectivity index (χ2n) is 7.00. The van der Waals surface area contributed by atoms with Crippen LogP contribution in [0, 0.1) is 12.8 Å². The van der Waals surface area contributed by atoms with Crippen molar-refractivity contribution in [3.63, 3.8) is 0 Å². The Morgan fingerprint density at radius 3 is 2.93 bits per heavy atom. The summed E-state index contributed by atoms with van der Waals surface area (Å²) in [4.78, 5) is 55.9. The van der Waals surface area contributed by atoms with Crippen molar-refractivity contribution < 1.29 is 9.59 Å². The molecular weight excluding hydrogens is 362 g/mol. The van der Waals surface area contributed by atoms with Crippen molar-refractivity contribution in [1.29, 1.82) is 0 Å². The Morgan fingerprint density at radius 1 is 1.36 bits per heavy atom. The number of hydrogen-bond acceptors (Lipinski definition) is 5. The van der Waals surface area contributed by atoms with Gasteiger partial charge in [0.25, 0.3) is 11.5 Å². The summed E-state index contributed by atoms with van der Waals surface area (Å²) >= 11 is 0. The number of aromatic nitrogens is 3. The summed E-state index contributed by atoms with van der Waals surface area (Å²) in [5.74, 6) is -0.226. The van der Waals surface area contributed by atoms with E-state index < -0.39 is 11.2 Å². The summed E-state index contributed by atoms with van der Waals surface area (Å²) in [6.07, 6.45) is 6.26. The number of aromatic amines is 1. The minimum absolute atomic E-state index is 0.120. The number of aryl methyl sites for hydroxylation is 1. The van der Waals surface area contributed by atoms with Crippen LogP contribution >= 0.6 is 0 Å². The molecule has 1 fully saturated rings. The highest BCUT2D eigenvalue weighted by molar-refractivity contribution is 5.93. The van der Waals surface area contributed by atoms with Crippen LogP contribution in [0.2, 0.25) is 0 Å². The topological polar surface area (TPSA) is 117 Å². The summed E-state index contributed by atoms with van der Waals surface area (Å²) in [5, 5.41) is 2.89. The van der Waals surface area contributed by atoms with Gasteiger partial charge in [-0.1, -0.05) is 0 Å². The van der Waals surface area contributed by atoms with E-state index >= 15 is 0 Å². The fourth-order valence-electron chi connectivity index (χ4n) is 3.28. The first kappa shape index (κ1) is 19.5. The van der Waals surface area contributed by atoms with E-state index in [1.54, 1.807) is 30.2 Å². The average Bonchev–Trinajstić information content (AvgIpc) is 2.71. The summed E-state index contributed by atoms with van der Waals surface area (Å²) in [6, 6.07) is 3.40. The number of likely N-dealkylation sites (tertiary alicyclic amines) is 1. The maximum atomic E-state index is 12.6. The van der Waals surface area contributed by atoms with Gasteiger partial charge in [0.2, 0.25) is 5.91 Å². The number of carbonyl (C=O) groups is 2. The van der Waals surface area contributed by atoms with Gasteiger partial charge in [-0.2, -0.15) is 0 Å². The maximum absolute atomic E-state index is 12.6. The molecule has 1 aliphatic rings. The number of amides is 2. The van der Waals surface area contributed by atoms with Crippen molar-refractivity contribution in [1.82, 2.24) is 24.8 Å². The molecule has 2 amide bonds. The number of pyridine rings is 1. The summed E-state index contributed by atoms with van der Waals surface area (Å²) in [7, 11) is 0. The minimum atomic E-state index is -0.596. The Balaban J connectivity index is 1.56. The Hall–Kier alpha value is -3.23. The zero-order valence-corrected chi connectivity index (χ0v) is 15.7. The summed E-state index contributed by atoms with van der Waals surface area (Å²) in [5.41, 5.74) is -0.168. The largest absolute Gasteiger partial charge is 0.352 e. The molecule has 0 radical (unpaired) electrons. The van der Waals surface area contributed by atoms with E-state index in [9.17, 15) is 19.2 Å². The lowest BCUT2D eigenvalue weighted by Crippen LogP contribution is -2.46. The molecule has 9 heteroatoms. The number of H-pyrrole nitrogens is 1. The smallest absolute Gasteiger partial charge is 0.328 e. The number of carbonyl (C=O) groups excluding carboxylic acids is 2. The van der Waals surface area contributed by atoms with Crippen molar-refractivity contribution in [2.75, 3.05) is 19.6 Å². The van der Waals surface area contributed by atoms with Gasteiger partial charge in [0.1, 0.15) is 6.54 Å². The van der Waals surface area contributed by atoms with Gasteiger partial charge in [0.05, 0.1) is 5.56 Å². The standard InChI is InChI=1S/C19H23N5O4/c1-13-10-24(19(28)22-17(13)26)12-16(25)23-7-3-4-14(11-23)8-21-18(27)15-5-2-6-20-9-15/h2,5-6,9-10,14H,3-4,7-8,11-12H2,1H3,(H,21,27)(H,22,26,28)/t14-/m0/s1. The van der Waals surface area contributed by atoms with Crippen LogP contribution in [0.1, 0.15) is 28.8 Å². The molecule has 1 saturated heterocycles. The molecule has 1 aliphatic heterocycles. The van der Waals surface area contributed by atoms with E-state index in [-0.39, 0.29) is 24.3 Å². The molecule has 148 valence electrons. The van der Waals surface area contributed by atoms with Crippen LogP contribution in [0.4, 0.5) is 0 Å². The Labute approximate surface area is 161 Å². The first-order valence-corrected chi connectivity index (χ1v) is 9.20. The van der Waals surface area contributed by atoms with Gasteiger partial charge < -0.3 is 10.2 Å². The van der Waals surface area contributed by atoms with Crippen molar-refractivity contribution in [2.45, 2.75) is 26.3 Å². The zero-order chi connectivity index (χ0) is 20.1. The summed E-state index contributed by atoms with van der Waals surface area (Å²) in [6.45, 7) is 3.06. The fourth-order valence-corrected chi connectivity index (χ4v) is 3.28. The molecule has 0 aromatic carbocycles. The van der Waals surface area contributed by atoms with Gasteiger partial charge in [-0.25, -0.2) is 4.79 Å². The van der Waals surface area contributed by atoms with Crippen LogP contribution in [-0.4, -0.2) is 50.9 Å². The number of nitrogens with one attached hydrogen (secondary N) is 2. The highest BCUT2D eigenvalue weighted by atomic mass is 16.2. The van der Waals surface area contributed by atoms with E-state index in [2.05, 4.69) is 15.3 Å². The lowest BCUT2D eigenvalue weighted by atomic mass is 9.97. The van der Waals surface area contributed by atoms with E-state index in [0.717, 1.165) is 12.8 Å². The molecule has 3 heterocycles. The number of piperidine rings is 1. The first-order valence-electron chi connectivity index (χ1n) is 9.20. The van der Waals surface area contributed by atoms with Gasteiger partial charge in [-0.05, 0) is 37.8 Å². The predicted molar refractivity (Wildman–Crippen MR) is 102 cm³/mol. The summed E-state index contributed by atoms with van der Waals surface area (Å²) < 4.78 is 1.22. The molecular formula is C19H23N5O4. The lowest BCUT2D eigenvalue weighted by Gasteiger charge is -2.33. The van der Waals surface area contributed by atoms with Crippen LogP contribution in [0.5, 0.6) is 0 Å². The third-order valence-corrected chi connectivity index (χ3v) is 4.84. The van der Waals surface area contributed by atoms with E-state index in [0.29, 0.717) is 30.8 Å². The second kappa shape index (κ2) is 8.64. The fraction of sp³-hybridized carbons (Fsp3) is 0.421. The molecule has 0 aliphatic carbocycles. The van der Waals surface area contributed by atoms with Crippen molar-refractivity contribution >= 4 is 11.8 Å². The SMILES string of the molecule is Cc1cn(CC(=O)N2CCC[C@@H](CNC(=O)c3cccnc3)C2)c(=O)[nH]c1=O. The van der Waals surface area contributed by atoms with Crippen molar-refractivity contribution in [3.8, 4) is 0 Å². The van der Waals surface area contributed by atoms with Crippen LogP contribution in [0.3, 0.4) is 0 Å². The predicted octanol–water partition coefficient (Wildman–Crippen LogP) is -0.0914. The van der Waals surface area contributed by atoms with Crippen molar-refractivity contribution in [3.05, 3.63) is 62.7 Å². The molecule has 2 aromatic rings. The monoisotopic (exact) mass is 385 g/mol. The number of rotatable bonds is 5. The average molecular weight is 385 g/mol. The highest BCUT2D eigenvalue weighted by Crippen LogP contribution is 2.16. The maximum Gasteiger partial charge on any atom is 0.328 e. The molecule has 0 saturated carbocycles. The Bertz CT molecular complexity index is 966. The minimum Gasteiger partial charge on any atom is -0.352 e. The van der Waals surface area contributed by atoms with Crippen LogP contribution < -0.4 is 16.6 Å². The molecule has 9 nitrogen and oxygen atoms in total. The van der Waals surface area contributed by atoms with Crippen LogP contribution in [-0.2, 0) is 11.3 Å².